The van der Waals surface area contributed by atoms with E-state index in [1.54, 1.807) is 6.20 Å². The van der Waals surface area contributed by atoms with Crippen LogP contribution in [-0.4, -0.2) is 43.9 Å². The number of benzene rings is 1. The highest BCUT2D eigenvalue weighted by Gasteiger charge is 2.27. The maximum absolute atomic E-state index is 12.0. The van der Waals surface area contributed by atoms with Gasteiger partial charge in [0.25, 0.3) is 0 Å². The maximum atomic E-state index is 12.0. The van der Waals surface area contributed by atoms with Crippen LogP contribution in [0.5, 0.6) is 0 Å². The van der Waals surface area contributed by atoms with Gasteiger partial charge in [-0.3, -0.25) is 9.78 Å². The molecule has 0 spiro atoms. The van der Waals surface area contributed by atoms with E-state index in [9.17, 15) is 13.2 Å². The van der Waals surface area contributed by atoms with Gasteiger partial charge < -0.3 is 10.6 Å². The molecule has 1 amide bonds. The lowest BCUT2D eigenvalue weighted by Gasteiger charge is -2.17. The number of amides is 1. The van der Waals surface area contributed by atoms with Gasteiger partial charge in [-0.2, -0.15) is 0 Å². The molecule has 1 saturated heterocycles. The van der Waals surface area contributed by atoms with E-state index in [0.717, 1.165) is 16.3 Å². The van der Waals surface area contributed by atoms with E-state index in [0.29, 0.717) is 13.0 Å². The number of pyridine rings is 1. The summed E-state index contributed by atoms with van der Waals surface area (Å²) in [5, 5.41) is 8.25. The molecule has 1 fully saturated rings. The van der Waals surface area contributed by atoms with Crippen LogP contribution in [0.4, 0.5) is 0 Å². The number of sulfone groups is 1. The number of hydrogen-bond acceptors (Lipinski definition) is 5. The number of nitrogens with zero attached hydrogens (tertiary/aromatic N) is 1. The number of carbonyl (C=O) groups is 1. The van der Waals surface area contributed by atoms with Crippen molar-refractivity contribution in [2.45, 2.75) is 19.4 Å². The van der Waals surface area contributed by atoms with Crippen molar-refractivity contribution in [1.82, 2.24) is 15.6 Å². The van der Waals surface area contributed by atoms with E-state index in [1.807, 2.05) is 37.4 Å². The fraction of sp³-hybridized carbons (Fsp3) is 0.444. The summed E-state index contributed by atoms with van der Waals surface area (Å²) in [7, 11) is -2.90. The highest BCUT2D eigenvalue weighted by molar-refractivity contribution is 7.91. The molecule has 0 saturated carbocycles. The molecule has 7 heteroatoms. The van der Waals surface area contributed by atoms with Crippen LogP contribution in [0.15, 0.2) is 36.7 Å². The first-order valence-corrected chi connectivity index (χ1v) is 10.3. The van der Waals surface area contributed by atoms with Gasteiger partial charge in [-0.1, -0.05) is 18.2 Å². The monoisotopic (exact) mass is 361 g/mol. The Morgan fingerprint density at radius 2 is 2.20 bits per heavy atom. The van der Waals surface area contributed by atoms with Crippen LogP contribution in [-0.2, 0) is 14.6 Å². The van der Waals surface area contributed by atoms with E-state index < -0.39 is 9.84 Å². The zero-order valence-corrected chi connectivity index (χ0v) is 15.1. The fourth-order valence-electron chi connectivity index (χ4n) is 3.23. The number of aromatic nitrogens is 1. The molecule has 1 aliphatic heterocycles. The van der Waals surface area contributed by atoms with Crippen LogP contribution < -0.4 is 10.6 Å². The van der Waals surface area contributed by atoms with Crippen LogP contribution in [0.25, 0.3) is 10.8 Å². The van der Waals surface area contributed by atoms with Crippen LogP contribution in [0, 0.1) is 5.92 Å². The van der Waals surface area contributed by atoms with Gasteiger partial charge in [-0.25, -0.2) is 8.42 Å². The van der Waals surface area contributed by atoms with E-state index >= 15 is 0 Å². The smallest absolute Gasteiger partial charge is 0.233 e. The second-order valence-electron chi connectivity index (χ2n) is 6.62. The van der Waals surface area contributed by atoms with E-state index in [1.165, 1.54) is 0 Å². The molecule has 0 aliphatic carbocycles. The summed E-state index contributed by atoms with van der Waals surface area (Å²) in [5.41, 5.74) is 1.12. The molecule has 1 aromatic carbocycles. The molecule has 6 nitrogen and oxygen atoms in total. The molecule has 1 aromatic heterocycles. The SMILES string of the molecule is C[C@H](NCC(=O)NCC1CCS(=O)(=O)C1)c1cccc2cnccc12. The van der Waals surface area contributed by atoms with Crippen LogP contribution in [0.1, 0.15) is 24.9 Å². The van der Waals surface area contributed by atoms with E-state index in [2.05, 4.69) is 15.6 Å². The van der Waals surface area contributed by atoms with E-state index in [-0.39, 0.29) is 35.9 Å². The molecule has 2 heterocycles. The normalized spacial score (nSPS) is 20.4. The Labute approximate surface area is 147 Å². The largest absolute Gasteiger partial charge is 0.355 e. The molecule has 0 bridgehead atoms. The summed E-state index contributed by atoms with van der Waals surface area (Å²) in [6.45, 7) is 2.64. The Morgan fingerprint density at radius 3 is 2.96 bits per heavy atom. The van der Waals surface area contributed by atoms with Crippen molar-refractivity contribution in [3.05, 3.63) is 42.2 Å². The molecule has 0 radical (unpaired) electrons. The van der Waals surface area contributed by atoms with Gasteiger partial charge in [0.15, 0.2) is 9.84 Å². The lowest BCUT2D eigenvalue weighted by atomic mass is 10.0. The van der Waals surface area contributed by atoms with Crippen molar-refractivity contribution in [2.75, 3.05) is 24.6 Å². The summed E-state index contributed by atoms with van der Waals surface area (Å²) >= 11 is 0. The van der Waals surface area contributed by atoms with Crippen LogP contribution in [0.3, 0.4) is 0 Å². The summed E-state index contributed by atoms with van der Waals surface area (Å²) in [6.07, 6.45) is 4.23. The number of hydrogen-bond donors (Lipinski definition) is 2. The van der Waals surface area contributed by atoms with Gasteiger partial charge in [0.1, 0.15) is 0 Å². The average molecular weight is 361 g/mol. The van der Waals surface area contributed by atoms with Crippen molar-refractivity contribution in [1.29, 1.82) is 0 Å². The third-order valence-corrected chi connectivity index (χ3v) is 6.50. The predicted molar refractivity (Wildman–Crippen MR) is 97.9 cm³/mol. The predicted octanol–water partition coefficient (Wildman–Crippen LogP) is 1.44. The molecule has 134 valence electrons. The summed E-state index contributed by atoms with van der Waals surface area (Å²) < 4.78 is 22.9. The molecule has 25 heavy (non-hydrogen) atoms. The van der Waals surface area contributed by atoms with E-state index in [4.69, 9.17) is 0 Å². The average Bonchev–Trinajstić information content (AvgIpc) is 2.96. The van der Waals surface area contributed by atoms with Gasteiger partial charge in [-0.15, -0.1) is 0 Å². The molecule has 2 N–H and O–H groups in total. The fourth-order valence-corrected chi connectivity index (χ4v) is 5.10. The van der Waals surface area contributed by atoms with Crippen molar-refractivity contribution in [3.8, 4) is 0 Å². The minimum Gasteiger partial charge on any atom is -0.355 e. The first-order valence-electron chi connectivity index (χ1n) is 8.48. The molecule has 2 atom stereocenters. The second-order valence-corrected chi connectivity index (χ2v) is 8.85. The Bertz CT molecular complexity index is 862. The number of carbonyl (C=O) groups excluding carboxylic acids is 1. The quantitative estimate of drug-likeness (QED) is 0.813. The Hall–Kier alpha value is -1.99. The molecule has 2 aromatic rings. The van der Waals surface area contributed by atoms with Crippen molar-refractivity contribution < 1.29 is 13.2 Å². The molecular formula is C18H23N3O3S. The molecule has 1 unspecified atom stereocenters. The molecule has 3 rings (SSSR count). The Balaban J connectivity index is 1.51. The van der Waals surface area contributed by atoms with Gasteiger partial charge in [0, 0.05) is 30.4 Å². The van der Waals surface area contributed by atoms with Gasteiger partial charge >= 0.3 is 0 Å². The lowest BCUT2D eigenvalue weighted by molar-refractivity contribution is -0.120. The lowest BCUT2D eigenvalue weighted by Crippen LogP contribution is -2.37. The third-order valence-electron chi connectivity index (χ3n) is 4.66. The van der Waals surface area contributed by atoms with Gasteiger partial charge in [0.2, 0.25) is 5.91 Å². The van der Waals surface area contributed by atoms with Crippen LogP contribution in [0.2, 0.25) is 0 Å². The topological polar surface area (TPSA) is 88.2 Å². The van der Waals surface area contributed by atoms with Crippen molar-refractivity contribution >= 4 is 26.5 Å². The Kier molecular flexibility index (Phi) is 5.34. The molecule has 1 aliphatic rings. The Morgan fingerprint density at radius 1 is 1.36 bits per heavy atom. The van der Waals surface area contributed by atoms with Crippen molar-refractivity contribution in [2.24, 2.45) is 5.92 Å². The maximum Gasteiger partial charge on any atom is 0.233 e. The van der Waals surface area contributed by atoms with Gasteiger partial charge in [0.05, 0.1) is 18.1 Å². The molecular weight excluding hydrogens is 338 g/mol. The van der Waals surface area contributed by atoms with Crippen molar-refractivity contribution in [3.63, 3.8) is 0 Å². The second kappa shape index (κ2) is 7.49. The highest BCUT2D eigenvalue weighted by atomic mass is 32.2. The summed E-state index contributed by atoms with van der Waals surface area (Å²) in [5.74, 6) is 0.342. The number of rotatable bonds is 6. The number of fused-ring (bicyclic) bond motifs is 1. The highest BCUT2D eigenvalue weighted by Crippen LogP contribution is 2.23. The van der Waals surface area contributed by atoms with Gasteiger partial charge in [-0.05, 0) is 36.3 Å². The van der Waals surface area contributed by atoms with Crippen LogP contribution >= 0.6 is 0 Å². The minimum atomic E-state index is -2.90. The standard InChI is InChI=1S/C18H23N3O3S/c1-13(16-4-2-3-15-10-19-7-5-17(15)16)20-11-18(22)21-9-14-6-8-25(23,24)12-14/h2-5,7,10,13-14,20H,6,8-9,11-12H2,1H3,(H,21,22)/t13-,14?/m0/s1. The zero-order chi connectivity index (χ0) is 17.9. The number of nitrogens with one attached hydrogen (secondary N) is 2. The first kappa shape index (κ1) is 17.8. The third kappa shape index (κ3) is 4.55. The summed E-state index contributed by atoms with van der Waals surface area (Å²) in [6, 6.07) is 8.03. The zero-order valence-electron chi connectivity index (χ0n) is 14.2. The first-order chi connectivity index (χ1) is 11.9. The minimum absolute atomic E-state index is 0.0173. The summed E-state index contributed by atoms with van der Waals surface area (Å²) in [4.78, 5) is 16.2.